The molecular weight excluding hydrogens is 232 g/mol. The fraction of sp³-hybridized carbons (Fsp3) is 0.231. The summed E-state index contributed by atoms with van der Waals surface area (Å²) < 4.78 is 0. The first-order valence-corrected chi connectivity index (χ1v) is 6.49. The highest BCUT2D eigenvalue weighted by atomic mass is 32.2. The molecule has 1 aromatic carbocycles. The van der Waals surface area contributed by atoms with Gasteiger partial charge < -0.3 is 0 Å². The van der Waals surface area contributed by atoms with Gasteiger partial charge in [-0.1, -0.05) is 36.0 Å². The lowest BCUT2D eigenvalue weighted by atomic mass is 10.2. The monoisotopic (exact) mass is 246 g/mol. The van der Waals surface area contributed by atoms with Crippen molar-refractivity contribution in [3.63, 3.8) is 0 Å². The number of carbonyl (C=O) groups is 1. The van der Waals surface area contributed by atoms with Gasteiger partial charge in [-0.25, -0.2) is 0 Å². The van der Waals surface area contributed by atoms with Gasteiger partial charge >= 0.3 is 0 Å². The fourth-order valence-electron chi connectivity index (χ4n) is 1.58. The second kappa shape index (κ2) is 5.68. The molecular formula is C13H14N2OS. The van der Waals surface area contributed by atoms with Crippen LogP contribution in [0.4, 0.5) is 0 Å². The zero-order valence-electron chi connectivity index (χ0n) is 9.64. The van der Waals surface area contributed by atoms with E-state index in [0.717, 1.165) is 28.8 Å². The maximum absolute atomic E-state index is 10.7. The van der Waals surface area contributed by atoms with Crippen LogP contribution in [-0.2, 0) is 4.79 Å². The van der Waals surface area contributed by atoms with E-state index in [1.54, 1.807) is 6.92 Å². The number of fused-ring (bicyclic) bond motifs is 1. The predicted molar refractivity (Wildman–Crippen MR) is 72.9 cm³/mol. The number of nitrogens with one attached hydrogen (secondary N) is 1. The Morgan fingerprint density at radius 2 is 2.29 bits per heavy atom. The largest absolute Gasteiger partial charge is 0.288 e. The molecule has 0 amide bonds. The Hall–Kier alpha value is -1.55. The van der Waals surface area contributed by atoms with Crippen molar-refractivity contribution in [2.24, 2.45) is 0 Å². The summed E-state index contributed by atoms with van der Waals surface area (Å²) in [6, 6.07) is 8.00. The molecule has 0 radical (unpaired) electrons. The van der Waals surface area contributed by atoms with Gasteiger partial charge in [0.25, 0.3) is 0 Å². The van der Waals surface area contributed by atoms with Gasteiger partial charge in [-0.2, -0.15) is 5.10 Å². The van der Waals surface area contributed by atoms with Crippen molar-refractivity contribution in [3.8, 4) is 0 Å². The third-order valence-electron chi connectivity index (χ3n) is 2.37. The Bertz CT molecular complexity index is 545. The van der Waals surface area contributed by atoms with E-state index < -0.39 is 0 Å². The average molecular weight is 246 g/mol. The number of hydrogen-bond acceptors (Lipinski definition) is 3. The van der Waals surface area contributed by atoms with E-state index in [-0.39, 0.29) is 5.12 Å². The molecule has 0 unspecified atom stereocenters. The van der Waals surface area contributed by atoms with Gasteiger partial charge in [0.1, 0.15) is 0 Å². The molecule has 1 aromatic heterocycles. The third-order valence-corrected chi connectivity index (χ3v) is 3.21. The van der Waals surface area contributed by atoms with Crippen molar-refractivity contribution < 1.29 is 4.79 Å². The smallest absolute Gasteiger partial charge is 0.185 e. The molecule has 0 aliphatic carbocycles. The molecule has 4 heteroatoms. The number of allylic oxidation sites excluding steroid dienone is 1. The summed E-state index contributed by atoms with van der Waals surface area (Å²) in [7, 11) is 0. The molecule has 1 N–H and O–H groups in total. The van der Waals surface area contributed by atoms with Gasteiger partial charge in [-0.15, -0.1) is 0 Å². The van der Waals surface area contributed by atoms with Gasteiger partial charge in [0.2, 0.25) is 0 Å². The van der Waals surface area contributed by atoms with Gasteiger partial charge in [-0.05, 0) is 18.6 Å². The lowest BCUT2D eigenvalue weighted by Gasteiger charge is -1.92. The molecule has 0 saturated heterocycles. The van der Waals surface area contributed by atoms with Crippen LogP contribution in [-0.4, -0.2) is 21.1 Å². The lowest BCUT2D eigenvalue weighted by Crippen LogP contribution is -1.83. The number of aromatic nitrogens is 2. The zero-order chi connectivity index (χ0) is 12.1. The number of nitrogens with zero attached hydrogens (tertiary/aromatic N) is 1. The number of carbonyl (C=O) groups excluding carboxylic acids is 1. The normalized spacial score (nSPS) is 11.4. The summed E-state index contributed by atoms with van der Waals surface area (Å²) in [4.78, 5) is 10.7. The number of para-hydroxylation sites is 1. The minimum atomic E-state index is 0.172. The van der Waals surface area contributed by atoms with Crippen molar-refractivity contribution >= 4 is 33.9 Å². The molecule has 2 rings (SSSR count). The van der Waals surface area contributed by atoms with E-state index in [1.807, 2.05) is 30.3 Å². The van der Waals surface area contributed by atoms with Crippen molar-refractivity contribution in [2.45, 2.75) is 13.3 Å². The van der Waals surface area contributed by atoms with Crippen LogP contribution in [0.1, 0.15) is 19.0 Å². The first-order chi connectivity index (χ1) is 8.27. The SMILES string of the molecule is CC(=O)SCCC=Cc1[nH]nc2ccccc12. The van der Waals surface area contributed by atoms with E-state index in [2.05, 4.69) is 16.3 Å². The second-order valence-corrected chi connectivity index (χ2v) is 4.96. The van der Waals surface area contributed by atoms with Crippen LogP contribution in [0.2, 0.25) is 0 Å². The Morgan fingerprint density at radius 1 is 1.47 bits per heavy atom. The van der Waals surface area contributed by atoms with E-state index in [4.69, 9.17) is 0 Å². The van der Waals surface area contributed by atoms with Crippen molar-refractivity contribution in [1.29, 1.82) is 0 Å². The average Bonchev–Trinajstić information content (AvgIpc) is 2.72. The number of rotatable bonds is 4. The van der Waals surface area contributed by atoms with Crippen LogP contribution in [0.25, 0.3) is 17.0 Å². The van der Waals surface area contributed by atoms with Crippen LogP contribution >= 0.6 is 11.8 Å². The van der Waals surface area contributed by atoms with Crippen molar-refractivity contribution in [2.75, 3.05) is 5.75 Å². The first-order valence-electron chi connectivity index (χ1n) is 5.50. The summed E-state index contributed by atoms with van der Waals surface area (Å²) >= 11 is 1.36. The van der Waals surface area contributed by atoms with Gasteiger partial charge in [0.05, 0.1) is 11.2 Å². The Kier molecular flexibility index (Phi) is 3.98. The molecule has 3 nitrogen and oxygen atoms in total. The minimum absolute atomic E-state index is 0.172. The Morgan fingerprint density at radius 3 is 3.12 bits per heavy atom. The molecule has 0 aliphatic rings. The van der Waals surface area contributed by atoms with Crippen molar-refractivity contribution in [1.82, 2.24) is 10.2 Å². The van der Waals surface area contributed by atoms with Gasteiger partial charge in [-0.3, -0.25) is 9.89 Å². The number of benzene rings is 1. The molecule has 0 aliphatic heterocycles. The lowest BCUT2D eigenvalue weighted by molar-refractivity contribution is -0.109. The number of aromatic amines is 1. The number of thioether (sulfide) groups is 1. The molecule has 1 heterocycles. The maximum Gasteiger partial charge on any atom is 0.185 e. The quantitative estimate of drug-likeness (QED) is 0.842. The molecule has 17 heavy (non-hydrogen) atoms. The van der Waals surface area contributed by atoms with Crippen LogP contribution < -0.4 is 0 Å². The Balaban J connectivity index is 1.98. The number of H-pyrrole nitrogens is 1. The molecule has 0 atom stereocenters. The maximum atomic E-state index is 10.7. The topological polar surface area (TPSA) is 45.8 Å². The van der Waals surface area contributed by atoms with Crippen molar-refractivity contribution in [3.05, 3.63) is 36.0 Å². The fourth-order valence-corrected chi connectivity index (χ4v) is 2.12. The summed E-state index contributed by atoms with van der Waals surface area (Å²) in [6.07, 6.45) is 4.98. The van der Waals surface area contributed by atoms with Crippen LogP contribution in [0, 0.1) is 0 Å². The van der Waals surface area contributed by atoms with E-state index in [1.165, 1.54) is 11.8 Å². The van der Waals surface area contributed by atoms with Crippen LogP contribution in [0.5, 0.6) is 0 Å². The summed E-state index contributed by atoms with van der Waals surface area (Å²) in [5.41, 5.74) is 2.00. The van der Waals surface area contributed by atoms with E-state index in [0.29, 0.717) is 0 Å². The molecule has 0 saturated carbocycles. The molecule has 0 bridgehead atoms. The second-order valence-electron chi connectivity index (χ2n) is 3.69. The van der Waals surface area contributed by atoms with E-state index in [9.17, 15) is 4.79 Å². The summed E-state index contributed by atoms with van der Waals surface area (Å²) in [6.45, 7) is 1.59. The number of hydrogen-bond donors (Lipinski definition) is 1. The zero-order valence-corrected chi connectivity index (χ0v) is 10.5. The summed E-state index contributed by atoms with van der Waals surface area (Å²) in [5.74, 6) is 0.831. The molecule has 0 fully saturated rings. The Labute approximate surface area is 104 Å². The molecule has 88 valence electrons. The molecule has 2 aromatic rings. The van der Waals surface area contributed by atoms with E-state index >= 15 is 0 Å². The minimum Gasteiger partial charge on any atom is -0.288 e. The first kappa shape index (κ1) is 11.9. The highest BCUT2D eigenvalue weighted by Crippen LogP contribution is 2.16. The standard InChI is InChI=1S/C13H14N2OS/c1-10(16)17-9-5-4-8-13-11-6-2-3-7-12(11)14-15-13/h2-4,6-8H,5,9H2,1H3,(H,14,15). The third kappa shape index (κ3) is 3.20. The van der Waals surface area contributed by atoms with Crippen LogP contribution in [0.3, 0.4) is 0 Å². The highest BCUT2D eigenvalue weighted by Gasteiger charge is 1.99. The van der Waals surface area contributed by atoms with Gasteiger partial charge in [0.15, 0.2) is 5.12 Å². The summed E-state index contributed by atoms with van der Waals surface area (Å²) in [5, 5.41) is 8.51. The molecule has 0 spiro atoms. The highest BCUT2D eigenvalue weighted by molar-refractivity contribution is 8.13. The van der Waals surface area contributed by atoms with Gasteiger partial charge in [0, 0.05) is 18.1 Å². The van der Waals surface area contributed by atoms with Crippen LogP contribution in [0.15, 0.2) is 30.3 Å². The predicted octanol–water partition coefficient (Wildman–Crippen LogP) is 3.25.